The van der Waals surface area contributed by atoms with Crippen LogP contribution in [0.4, 0.5) is 32.2 Å². The summed E-state index contributed by atoms with van der Waals surface area (Å²) in [6, 6.07) is 6.50. The number of anilines is 1. The van der Waals surface area contributed by atoms with Crippen molar-refractivity contribution in [1.29, 1.82) is 0 Å². The second kappa shape index (κ2) is 10.2. The Balaban J connectivity index is 1.43. The Labute approximate surface area is 208 Å². The van der Waals surface area contributed by atoms with Crippen molar-refractivity contribution in [3.63, 3.8) is 0 Å². The molecule has 0 aliphatic rings. The van der Waals surface area contributed by atoms with Crippen LogP contribution in [0.25, 0.3) is 0 Å². The molecular weight excluding hydrogens is 539 g/mol. The number of rotatable bonds is 7. The Hall–Kier alpha value is -3.64. The predicted octanol–water partition coefficient (Wildman–Crippen LogP) is 6.50. The molecule has 0 radical (unpaired) electrons. The lowest BCUT2D eigenvalue weighted by molar-refractivity contribution is 0.0991. The number of hydrogen-bond donors (Lipinski definition) is 1. The van der Waals surface area contributed by atoms with Gasteiger partial charge in [0.05, 0.1) is 6.54 Å². The van der Waals surface area contributed by atoms with E-state index in [1.807, 2.05) is 0 Å². The third-order valence-electron chi connectivity index (χ3n) is 4.74. The van der Waals surface area contributed by atoms with Crippen LogP contribution in [0.3, 0.4) is 0 Å². The maximum absolute atomic E-state index is 14.0. The Morgan fingerprint density at radius 1 is 0.944 bits per heavy atom. The van der Waals surface area contributed by atoms with Crippen molar-refractivity contribution in [2.75, 3.05) is 5.32 Å². The van der Waals surface area contributed by atoms with Gasteiger partial charge in [-0.05, 0) is 24.3 Å². The topological polar surface area (TPSA) is 69.3 Å². The van der Waals surface area contributed by atoms with Crippen LogP contribution in [-0.4, -0.2) is 15.7 Å². The molecule has 0 fully saturated rings. The summed E-state index contributed by atoms with van der Waals surface area (Å²) in [4.78, 5) is 12.5. The predicted molar refractivity (Wildman–Crippen MR) is 115 cm³/mol. The van der Waals surface area contributed by atoms with Gasteiger partial charge in [0.1, 0.15) is 23.2 Å². The van der Waals surface area contributed by atoms with Gasteiger partial charge in [-0.3, -0.25) is 9.48 Å². The fourth-order valence-corrected chi connectivity index (χ4v) is 3.43. The van der Waals surface area contributed by atoms with Crippen LogP contribution in [0.1, 0.15) is 21.9 Å². The van der Waals surface area contributed by atoms with Crippen molar-refractivity contribution in [3.05, 3.63) is 98.6 Å². The van der Waals surface area contributed by atoms with Crippen LogP contribution in [0, 0.1) is 34.9 Å². The number of nitrogens with zero attached hydrogens (tertiary/aromatic N) is 2. The molecule has 2 aromatic heterocycles. The molecule has 0 aliphatic carbocycles. The van der Waals surface area contributed by atoms with E-state index in [-0.39, 0.29) is 39.5 Å². The fraction of sp³-hybridized carbons (Fsp3) is 0.0909. The number of aromatic nitrogens is 2. The van der Waals surface area contributed by atoms with Gasteiger partial charge < -0.3 is 14.5 Å². The Kier molecular flexibility index (Phi) is 7.18. The molecule has 0 aliphatic heterocycles. The van der Waals surface area contributed by atoms with E-state index >= 15 is 0 Å². The summed E-state index contributed by atoms with van der Waals surface area (Å²) in [5, 5.41) is 6.60. The summed E-state index contributed by atoms with van der Waals surface area (Å²) in [5.74, 6) is -14.4. The largest absolute Gasteiger partial charge is 0.479 e. The number of amides is 1. The summed E-state index contributed by atoms with van der Waals surface area (Å²) in [7, 11) is 0. The first-order valence-electron chi connectivity index (χ1n) is 9.77. The smallest absolute Gasteiger partial charge is 0.292 e. The average molecular weight is 550 g/mol. The lowest BCUT2D eigenvalue weighted by Gasteiger charge is -2.09. The van der Waals surface area contributed by atoms with E-state index in [1.165, 1.54) is 35.1 Å². The van der Waals surface area contributed by atoms with Crippen LogP contribution >= 0.6 is 23.2 Å². The Morgan fingerprint density at radius 3 is 2.28 bits per heavy atom. The molecule has 0 spiro atoms. The molecular formula is C22H11Cl2F6N3O3. The van der Waals surface area contributed by atoms with E-state index in [4.69, 9.17) is 27.6 Å². The minimum Gasteiger partial charge on any atom is -0.479 e. The third kappa shape index (κ3) is 5.00. The zero-order valence-electron chi connectivity index (χ0n) is 17.5. The molecule has 0 unspecified atom stereocenters. The first-order valence-corrected chi connectivity index (χ1v) is 10.5. The van der Waals surface area contributed by atoms with Gasteiger partial charge in [-0.1, -0.05) is 29.3 Å². The van der Waals surface area contributed by atoms with Crippen molar-refractivity contribution in [1.82, 2.24) is 9.78 Å². The lowest BCUT2D eigenvalue weighted by Crippen LogP contribution is -2.12. The molecule has 4 aromatic rings. The monoisotopic (exact) mass is 549 g/mol. The summed E-state index contributed by atoms with van der Waals surface area (Å²) in [6.07, 6.45) is 1.32. The summed E-state index contributed by atoms with van der Waals surface area (Å²) in [5.41, 5.74) is 0.153. The van der Waals surface area contributed by atoms with Gasteiger partial charge in [-0.2, -0.15) is 13.9 Å². The summed E-state index contributed by atoms with van der Waals surface area (Å²) >= 11 is 12.1. The molecule has 1 amide bonds. The number of furan rings is 1. The van der Waals surface area contributed by atoms with Gasteiger partial charge in [-0.15, -0.1) is 0 Å². The standard InChI is InChI=1S/C22H11Cl2F6N3O3/c23-11-2-1-3-13(25)10(11)6-33-7-12(24)21(32-33)31-22(34)14-5-4-9(36-14)8-35-20-18(29)16(27)15(26)17(28)19(20)30/h1-5,7H,6,8H2,(H,31,32,34). The Morgan fingerprint density at radius 2 is 1.61 bits per heavy atom. The van der Waals surface area contributed by atoms with E-state index < -0.39 is 53.2 Å². The zero-order valence-corrected chi connectivity index (χ0v) is 19.0. The fourth-order valence-electron chi connectivity index (χ4n) is 3.01. The number of benzene rings is 2. The number of nitrogens with one attached hydrogen (secondary N) is 1. The van der Waals surface area contributed by atoms with Crippen molar-refractivity contribution < 1.29 is 40.3 Å². The van der Waals surface area contributed by atoms with E-state index in [2.05, 4.69) is 15.2 Å². The normalized spacial score (nSPS) is 11.1. The van der Waals surface area contributed by atoms with Gasteiger partial charge in [0.25, 0.3) is 5.91 Å². The highest BCUT2D eigenvalue weighted by Crippen LogP contribution is 2.30. The molecule has 6 nitrogen and oxygen atoms in total. The second-order valence-corrected chi connectivity index (χ2v) is 7.95. The van der Waals surface area contributed by atoms with Crippen molar-refractivity contribution in [3.8, 4) is 5.75 Å². The summed E-state index contributed by atoms with van der Waals surface area (Å²) < 4.78 is 92.2. The van der Waals surface area contributed by atoms with E-state index in [0.29, 0.717) is 0 Å². The third-order valence-corrected chi connectivity index (χ3v) is 5.38. The minimum absolute atomic E-state index is 0.0113. The van der Waals surface area contributed by atoms with Gasteiger partial charge in [0.2, 0.25) is 29.1 Å². The van der Waals surface area contributed by atoms with Crippen LogP contribution in [0.2, 0.25) is 10.0 Å². The molecule has 1 N–H and O–H groups in total. The highest BCUT2D eigenvalue weighted by atomic mass is 35.5. The van der Waals surface area contributed by atoms with E-state index in [1.54, 1.807) is 0 Å². The number of halogens is 8. The van der Waals surface area contributed by atoms with Crippen molar-refractivity contribution in [2.45, 2.75) is 13.2 Å². The molecule has 2 aromatic carbocycles. The quantitative estimate of drug-likeness (QED) is 0.162. The number of carbonyl (C=O) groups is 1. The zero-order chi connectivity index (χ0) is 26.1. The number of hydrogen-bond acceptors (Lipinski definition) is 4. The highest BCUT2D eigenvalue weighted by Gasteiger charge is 2.27. The molecule has 36 heavy (non-hydrogen) atoms. The lowest BCUT2D eigenvalue weighted by atomic mass is 10.2. The van der Waals surface area contributed by atoms with Gasteiger partial charge in [0, 0.05) is 16.8 Å². The van der Waals surface area contributed by atoms with E-state index in [9.17, 15) is 31.1 Å². The highest BCUT2D eigenvalue weighted by molar-refractivity contribution is 6.33. The second-order valence-electron chi connectivity index (χ2n) is 7.13. The number of carbonyl (C=O) groups excluding carboxylic acids is 1. The van der Waals surface area contributed by atoms with Gasteiger partial charge >= 0.3 is 0 Å². The molecule has 0 saturated heterocycles. The van der Waals surface area contributed by atoms with Crippen molar-refractivity contribution in [2.24, 2.45) is 0 Å². The van der Waals surface area contributed by atoms with Crippen LogP contribution in [0.15, 0.2) is 40.9 Å². The van der Waals surface area contributed by atoms with Crippen molar-refractivity contribution >= 4 is 34.9 Å². The molecule has 0 bridgehead atoms. The van der Waals surface area contributed by atoms with Crippen LogP contribution in [-0.2, 0) is 13.2 Å². The molecule has 0 atom stereocenters. The molecule has 2 heterocycles. The van der Waals surface area contributed by atoms with E-state index in [0.717, 1.165) is 6.07 Å². The number of ether oxygens (including phenoxy) is 1. The molecule has 0 saturated carbocycles. The van der Waals surface area contributed by atoms with Crippen LogP contribution < -0.4 is 10.1 Å². The maximum Gasteiger partial charge on any atom is 0.292 e. The maximum atomic E-state index is 14.0. The SMILES string of the molecule is O=C(Nc1nn(Cc2c(F)cccc2Cl)cc1Cl)c1ccc(COc2c(F)c(F)c(F)c(F)c2F)o1. The molecule has 4 rings (SSSR count). The first kappa shape index (κ1) is 25.5. The van der Waals surface area contributed by atoms with Crippen LogP contribution in [0.5, 0.6) is 5.75 Å². The minimum atomic E-state index is -2.33. The first-order chi connectivity index (χ1) is 17.1. The molecule has 14 heteroatoms. The Bertz CT molecular complexity index is 1420. The van der Waals surface area contributed by atoms with Gasteiger partial charge in [-0.25, -0.2) is 17.6 Å². The summed E-state index contributed by atoms with van der Waals surface area (Å²) in [6.45, 7) is -0.842. The van der Waals surface area contributed by atoms with Gasteiger partial charge in [0.15, 0.2) is 17.3 Å². The average Bonchev–Trinajstić information content (AvgIpc) is 3.45. The molecule has 188 valence electrons.